The van der Waals surface area contributed by atoms with Crippen LogP contribution in [0, 0.1) is 0 Å². The zero-order chi connectivity index (χ0) is 16.5. The lowest BCUT2D eigenvalue weighted by Crippen LogP contribution is -2.54. The van der Waals surface area contributed by atoms with Crippen LogP contribution in [0.1, 0.15) is 47.5 Å². The zero-order valence-electron chi connectivity index (χ0n) is 14.9. The highest BCUT2D eigenvalue weighted by molar-refractivity contribution is 5.80. The molecule has 0 saturated carbocycles. The number of methoxy groups -OCH3 is 1. The molecule has 2 atom stereocenters. The van der Waals surface area contributed by atoms with E-state index in [1.54, 1.807) is 0 Å². The van der Waals surface area contributed by atoms with Gasteiger partial charge in [-0.05, 0) is 54.1 Å². The maximum atomic E-state index is 12.1. The zero-order valence-corrected chi connectivity index (χ0v) is 14.9. The minimum atomic E-state index is -0.642. The van der Waals surface area contributed by atoms with Gasteiger partial charge in [0.2, 0.25) is 0 Å². The lowest BCUT2D eigenvalue weighted by Gasteiger charge is -2.34. The van der Waals surface area contributed by atoms with Crippen molar-refractivity contribution in [1.29, 1.82) is 0 Å². The summed E-state index contributed by atoms with van der Waals surface area (Å²) in [5, 5.41) is 3.32. The molecule has 0 amide bonds. The maximum Gasteiger partial charge on any atom is 0.325 e. The van der Waals surface area contributed by atoms with E-state index in [1.165, 1.54) is 7.11 Å². The number of nitrogens with zero attached hydrogens (tertiary/aromatic N) is 1. The predicted octanol–water partition coefficient (Wildman–Crippen LogP) is 2.05. The number of nitrogens with one attached hydrogen (secondary N) is 1. The van der Waals surface area contributed by atoms with Gasteiger partial charge in [0.25, 0.3) is 0 Å². The van der Waals surface area contributed by atoms with Gasteiger partial charge >= 0.3 is 5.97 Å². The number of hydrogen-bond donors (Lipinski definition) is 1. The van der Waals surface area contributed by atoms with Gasteiger partial charge in [0.1, 0.15) is 5.54 Å². The fraction of sp³-hybridized carbons (Fsp3) is 0.938. The molecule has 0 aliphatic carbocycles. The molecule has 126 valence electrons. The molecule has 0 heterocycles. The first-order valence-electron chi connectivity index (χ1n) is 7.92. The van der Waals surface area contributed by atoms with Crippen molar-refractivity contribution in [2.45, 2.75) is 65.1 Å². The third-order valence-corrected chi connectivity index (χ3v) is 3.75. The fourth-order valence-electron chi connectivity index (χ4n) is 2.25. The van der Waals surface area contributed by atoms with E-state index in [0.29, 0.717) is 13.0 Å². The summed E-state index contributed by atoms with van der Waals surface area (Å²) in [6, 6.07) is 0.259. The normalized spacial score (nSPS) is 16.0. The van der Waals surface area contributed by atoms with Gasteiger partial charge < -0.3 is 19.7 Å². The first kappa shape index (κ1) is 20.3. The van der Waals surface area contributed by atoms with Crippen LogP contribution in [0.4, 0.5) is 0 Å². The van der Waals surface area contributed by atoms with Crippen LogP contribution in [0.25, 0.3) is 0 Å². The minimum Gasteiger partial charge on any atom is -0.468 e. The third kappa shape index (κ3) is 7.79. The minimum absolute atomic E-state index is 0.199. The van der Waals surface area contributed by atoms with Crippen LogP contribution in [-0.2, 0) is 14.3 Å². The number of ether oxygens (including phenoxy) is 2. The Morgan fingerprint density at radius 1 is 1.33 bits per heavy atom. The van der Waals surface area contributed by atoms with Crippen LogP contribution in [0.5, 0.6) is 0 Å². The molecule has 2 unspecified atom stereocenters. The van der Waals surface area contributed by atoms with Gasteiger partial charge in [-0.2, -0.15) is 0 Å². The molecule has 0 aliphatic heterocycles. The summed E-state index contributed by atoms with van der Waals surface area (Å²) in [5.41, 5.74) is -0.642. The maximum absolute atomic E-state index is 12.1. The largest absolute Gasteiger partial charge is 0.468 e. The van der Waals surface area contributed by atoms with E-state index in [9.17, 15) is 4.79 Å². The van der Waals surface area contributed by atoms with E-state index in [2.05, 4.69) is 31.1 Å². The number of rotatable bonds is 11. The molecule has 0 rings (SSSR count). The van der Waals surface area contributed by atoms with Crippen LogP contribution in [-0.4, -0.2) is 62.4 Å². The van der Waals surface area contributed by atoms with E-state index >= 15 is 0 Å². The lowest BCUT2D eigenvalue weighted by atomic mass is 9.92. The van der Waals surface area contributed by atoms with Crippen LogP contribution in [0.15, 0.2) is 0 Å². The van der Waals surface area contributed by atoms with E-state index in [4.69, 9.17) is 9.47 Å². The van der Waals surface area contributed by atoms with Crippen LogP contribution in [0.2, 0.25) is 0 Å². The van der Waals surface area contributed by atoms with Crippen LogP contribution < -0.4 is 5.32 Å². The molecule has 0 bridgehead atoms. The van der Waals surface area contributed by atoms with Crippen molar-refractivity contribution in [3.05, 3.63) is 0 Å². The molecular formula is C16H34N2O3. The second kappa shape index (κ2) is 10.1. The number of carbonyl (C=O) groups excluding carboxylic acids is 1. The average Bonchev–Trinajstić information content (AvgIpc) is 2.43. The molecular weight excluding hydrogens is 268 g/mol. The smallest absolute Gasteiger partial charge is 0.325 e. The average molecular weight is 302 g/mol. The Labute approximate surface area is 130 Å². The van der Waals surface area contributed by atoms with Gasteiger partial charge in [-0.3, -0.25) is 4.79 Å². The Morgan fingerprint density at radius 2 is 1.95 bits per heavy atom. The number of carbonyl (C=O) groups is 1. The van der Waals surface area contributed by atoms with Crippen molar-refractivity contribution in [3.63, 3.8) is 0 Å². The van der Waals surface area contributed by atoms with E-state index < -0.39 is 5.54 Å². The Hall–Kier alpha value is -0.650. The molecule has 0 aromatic heterocycles. The van der Waals surface area contributed by atoms with Crippen molar-refractivity contribution < 1.29 is 14.3 Å². The summed E-state index contributed by atoms with van der Waals surface area (Å²) < 4.78 is 10.5. The first-order valence-corrected chi connectivity index (χ1v) is 7.92. The molecule has 0 fully saturated rings. The number of likely N-dealkylation sites (N-methyl/N-ethyl adjacent to an activating group) is 1. The second-order valence-corrected chi connectivity index (χ2v) is 6.20. The molecule has 5 nitrogen and oxygen atoms in total. The van der Waals surface area contributed by atoms with Crippen molar-refractivity contribution in [2.24, 2.45) is 0 Å². The topological polar surface area (TPSA) is 50.8 Å². The Balaban J connectivity index is 4.50. The quantitative estimate of drug-likeness (QED) is 0.592. The van der Waals surface area contributed by atoms with Gasteiger partial charge in [0, 0.05) is 12.6 Å². The number of esters is 1. The summed E-state index contributed by atoms with van der Waals surface area (Å²) in [4.78, 5) is 14.3. The summed E-state index contributed by atoms with van der Waals surface area (Å²) in [6.45, 7) is 12.6. The highest BCUT2D eigenvalue weighted by Gasteiger charge is 2.35. The first-order chi connectivity index (χ1) is 9.76. The summed E-state index contributed by atoms with van der Waals surface area (Å²) in [5.74, 6) is -0.199. The van der Waals surface area contributed by atoms with Gasteiger partial charge in [-0.25, -0.2) is 0 Å². The van der Waals surface area contributed by atoms with Crippen LogP contribution in [0.3, 0.4) is 0 Å². The van der Waals surface area contributed by atoms with Crippen molar-refractivity contribution in [2.75, 3.05) is 33.9 Å². The van der Waals surface area contributed by atoms with Crippen molar-refractivity contribution >= 4 is 5.97 Å². The highest BCUT2D eigenvalue weighted by Crippen LogP contribution is 2.17. The summed E-state index contributed by atoms with van der Waals surface area (Å²) >= 11 is 0. The molecule has 1 N–H and O–H groups in total. The molecule has 0 saturated heterocycles. The second-order valence-electron chi connectivity index (χ2n) is 6.20. The highest BCUT2D eigenvalue weighted by atomic mass is 16.5. The standard InChI is InChI=1S/C16H34N2O3/c1-8-9-17-16(5,15(19)20-7)12-14(4)18(6)10-11-21-13(2)3/h13-14,17H,8-12H2,1-7H3. The molecule has 5 heteroatoms. The predicted molar refractivity (Wildman–Crippen MR) is 86.5 cm³/mol. The monoisotopic (exact) mass is 302 g/mol. The Bertz CT molecular complexity index is 297. The van der Waals surface area contributed by atoms with Gasteiger partial charge in [-0.15, -0.1) is 0 Å². The molecule has 0 radical (unpaired) electrons. The lowest BCUT2D eigenvalue weighted by molar-refractivity contribution is -0.148. The van der Waals surface area contributed by atoms with Gasteiger partial charge in [0.15, 0.2) is 0 Å². The third-order valence-electron chi connectivity index (χ3n) is 3.75. The van der Waals surface area contributed by atoms with Gasteiger partial charge in [0.05, 0.1) is 19.8 Å². The SMILES string of the molecule is CCCNC(C)(CC(C)N(C)CCOC(C)C)C(=O)OC. The summed E-state index contributed by atoms with van der Waals surface area (Å²) in [6.07, 6.45) is 1.94. The molecule has 21 heavy (non-hydrogen) atoms. The molecule has 0 aromatic rings. The Morgan fingerprint density at radius 3 is 2.43 bits per heavy atom. The van der Waals surface area contributed by atoms with Crippen molar-refractivity contribution in [3.8, 4) is 0 Å². The molecule has 0 aromatic carbocycles. The molecule has 0 spiro atoms. The summed E-state index contributed by atoms with van der Waals surface area (Å²) in [7, 11) is 3.50. The Kier molecular flexibility index (Phi) is 9.83. The van der Waals surface area contributed by atoms with Crippen molar-refractivity contribution in [1.82, 2.24) is 10.2 Å². The van der Waals surface area contributed by atoms with E-state index in [0.717, 1.165) is 19.5 Å². The van der Waals surface area contributed by atoms with E-state index in [-0.39, 0.29) is 18.1 Å². The molecule has 0 aliphatic rings. The fourth-order valence-corrected chi connectivity index (χ4v) is 2.25. The van der Waals surface area contributed by atoms with Crippen LogP contribution >= 0.6 is 0 Å². The van der Waals surface area contributed by atoms with Gasteiger partial charge in [-0.1, -0.05) is 6.92 Å². The van der Waals surface area contributed by atoms with E-state index in [1.807, 2.05) is 20.8 Å². The number of hydrogen-bond acceptors (Lipinski definition) is 5.